The minimum absolute atomic E-state index is 0.0365. The van der Waals surface area contributed by atoms with Gasteiger partial charge in [0.15, 0.2) is 0 Å². The van der Waals surface area contributed by atoms with Crippen molar-refractivity contribution in [2.75, 3.05) is 6.61 Å². The Morgan fingerprint density at radius 1 is 1.25 bits per heavy atom. The first-order valence-electron chi connectivity index (χ1n) is 7.23. The second-order valence-corrected chi connectivity index (χ2v) is 5.35. The molecule has 0 aromatic heterocycles. The molecule has 5 N–H and O–H groups in total. The summed E-state index contributed by atoms with van der Waals surface area (Å²) >= 11 is 0. The van der Waals surface area contributed by atoms with E-state index >= 15 is 0 Å². The van der Waals surface area contributed by atoms with E-state index in [1.807, 2.05) is 0 Å². The highest BCUT2D eigenvalue weighted by Gasteiger charge is 2.46. The average Bonchev–Trinajstić information content (AvgIpc) is 2.54. The lowest BCUT2D eigenvalue weighted by atomic mass is 9.97. The van der Waals surface area contributed by atoms with Crippen LogP contribution in [0, 0.1) is 0 Å². The number of carbonyl (C=O) groups is 2. The van der Waals surface area contributed by atoms with Gasteiger partial charge in [0, 0.05) is 6.92 Å². The lowest BCUT2D eigenvalue weighted by Gasteiger charge is -2.42. The van der Waals surface area contributed by atoms with E-state index in [2.05, 4.69) is 5.32 Å². The van der Waals surface area contributed by atoms with Crippen LogP contribution in [-0.4, -0.2) is 69.6 Å². The number of amides is 1. The number of aliphatic hydroxyl groups excluding tert-OH is 3. The molecule has 5 atom stereocenters. The molecule has 1 aliphatic rings. The molecule has 0 radical (unpaired) electrons. The third-order valence-corrected chi connectivity index (χ3v) is 3.61. The number of hydrogen-bond donors (Lipinski definition) is 5. The van der Waals surface area contributed by atoms with Crippen LogP contribution in [0.5, 0.6) is 5.75 Å². The molecule has 1 fully saturated rings. The van der Waals surface area contributed by atoms with Crippen LogP contribution in [0.3, 0.4) is 0 Å². The monoisotopic (exact) mass is 341 g/mol. The highest BCUT2D eigenvalue weighted by Crippen LogP contribution is 2.26. The first kappa shape index (κ1) is 18.1. The molecule has 1 aromatic carbocycles. The van der Waals surface area contributed by atoms with Gasteiger partial charge in [-0.1, -0.05) is 12.1 Å². The van der Waals surface area contributed by atoms with Crippen LogP contribution in [-0.2, 0) is 9.53 Å². The number of carbonyl (C=O) groups excluding carboxylic acids is 1. The number of ether oxygens (including phenoxy) is 2. The Balaban J connectivity index is 2.30. The summed E-state index contributed by atoms with van der Waals surface area (Å²) in [5, 5.41) is 40.9. The first-order valence-corrected chi connectivity index (χ1v) is 7.23. The third-order valence-electron chi connectivity index (χ3n) is 3.61. The third kappa shape index (κ3) is 3.82. The largest absolute Gasteiger partial charge is 0.478 e. The first-order chi connectivity index (χ1) is 11.3. The Labute approximate surface area is 137 Å². The second kappa shape index (κ2) is 7.58. The summed E-state index contributed by atoms with van der Waals surface area (Å²) in [6.45, 7) is 0.616. The molecular weight excluding hydrogens is 322 g/mol. The van der Waals surface area contributed by atoms with Gasteiger partial charge in [-0.05, 0) is 12.1 Å². The minimum atomic E-state index is -1.47. The van der Waals surface area contributed by atoms with E-state index in [4.69, 9.17) is 9.47 Å². The van der Waals surface area contributed by atoms with Crippen molar-refractivity contribution >= 4 is 11.9 Å². The molecule has 9 heteroatoms. The van der Waals surface area contributed by atoms with E-state index in [-0.39, 0.29) is 11.3 Å². The highest BCUT2D eigenvalue weighted by atomic mass is 16.7. The van der Waals surface area contributed by atoms with E-state index in [1.165, 1.54) is 25.1 Å². The maximum absolute atomic E-state index is 11.3. The molecule has 132 valence electrons. The van der Waals surface area contributed by atoms with Crippen LogP contribution in [0.1, 0.15) is 17.3 Å². The number of carboxylic acid groups (broad SMARTS) is 1. The maximum atomic E-state index is 11.3. The van der Waals surface area contributed by atoms with Crippen molar-refractivity contribution in [2.24, 2.45) is 0 Å². The van der Waals surface area contributed by atoms with Gasteiger partial charge in [0.2, 0.25) is 12.2 Å². The molecule has 1 aromatic rings. The summed E-state index contributed by atoms with van der Waals surface area (Å²) in [6.07, 6.45) is -5.36. The van der Waals surface area contributed by atoms with E-state index in [1.54, 1.807) is 6.07 Å². The van der Waals surface area contributed by atoms with Gasteiger partial charge in [-0.3, -0.25) is 4.79 Å². The molecule has 1 heterocycles. The molecule has 0 spiro atoms. The molecule has 0 bridgehead atoms. The molecule has 1 aliphatic heterocycles. The average molecular weight is 341 g/mol. The number of para-hydroxylation sites is 1. The summed E-state index contributed by atoms with van der Waals surface area (Å²) in [5.41, 5.74) is -0.135. The van der Waals surface area contributed by atoms with Crippen molar-refractivity contribution in [3.63, 3.8) is 0 Å². The van der Waals surface area contributed by atoms with Crippen molar-refractivity contribution < 1.29 is 39.5 Å². The van der Waals surface area contributed by atoms with Crippen molar-refractivity contribution in [3.05, 3.63) is 29.8 Å². The Bertz CT molecular complexity index is 607. The molecule has 1 amide bonds. The van der Waals surface area contributed by atoms with Gasteiger partial charge in [-0.15, -0.1) is 0 Å². The molecule has 1 saturated heterocycles. The lowest BCUT2D eigenvalue weighted by molar-refractivity contribution is -0.244. The smallest absolute Gasteiger partial charge is 0.339 e. The Morgan fingerprint density at radius 2 is 1.92 bits per heavy atom. The van der Waals surface area contributed by atoms with Crippen LogP contribution >= 0.6 is 0 Å². The quantitative estimate of drug-likeness (QED) is 0.445. The molecule has 0 aliphatic carbocycles. The number of hydrogen-bond acceptors (Lipinski definition) is 7. The summed E-state index contributed by atoms with van der Waals surface area (Å²) in [6, 6.07) is 4.62. The Morgan fingerprint density at radius 3 is 2.50 bits per heavy atom. The number of aromatic carboxylic acids is 1. The zero-order valence-electron chi connectivity index (χ0n) is 12.8. The van der Waals surface area contributed by atoms with E-state index in [0.29, 0.717) is 0 Å². The molecular formula is C15H19NO8. The van der Waals surface area contributed by atoms with Gasteiger partial charge in [0.25, 0.3) is 0 Å². The second-order valence-electron chi connectivity index (χ2n) is 5.35. The fourth-order valence-corrected chi connectivity index (χ4v) is 2.44. The van der Waals surface area contributed by atoms with Crippen LogP contribution in [0.2, 0.25) is 0 Å². The topological polar surface area (TPSA) is 146 Å². The van der Waals surface area contributed by atoms with Gasteiger partial charge in [0.05, 0.1) is 6.61 Å². The van der Waals surface area contributed by atoms with Crippen molar-refractivity contribution in [1.82, 2.24) is 5.32 Å². The van der Waals surface area contributed by atoms with Crippen molar-refractivity contribution in [2.45, 2.75) is 37.6 Å². The maximum Gasteiger partial charge on any atom is 0.339 e. The van der Waals surface area contributed by atoms with E-state index in [9.17, 15) is 30.0 Å². The van der Waals surface area contributed by atoms with Crippen LogP contribution < -0.4 is 10.1 Å². The van der Waals surface area contributed by atoms with Crippen LogP contribution in [0.25, 0.3) is 0 Å². The van der Waals surface area contributed by atoms with Crippen molar-refractivity contribution in [1.29, 1.82) is 0 Å². The summed E-state index contributed by atoms with van der Waals surface area (Å²) < 4.78 is 10.9. The van der Waals surface area contributed by atoms with E-state index < -0.39 is 49.1 Å². The molecule has 0 unspecified atom stereocenters. The van der Waals surface area contributed by atoms with Gasteiger partial charge in [-0.25, -0.2) is 4.79 Å². The van der Waals surface area contributed by atoms with Gasteiger partial charge < -0.3 is 35.2 Å². The van der Waals surface area contributed by atoms with Gasteiger partial charge in [-0.2, -0.15) is 0 Å². The number of nitrogens with one attached hydrogen (secondary N) is 1. The van der Waals surface area contributed by atoms with Crippen LogP contribution in [0.15, 0.2) is 24.3 Å². The normalized spacial score (nSPS) is 29.8. The minimum Gasteiger partial charge on any atom is -0.478 e. The standard InChI is InChI=1S/C15H19NO8/c1-7(18)16-11-13(20)12(19)10(6-17)24-15(11)23-9-5-3-2-4-8(9)14(21)22/h2-5,10-13,15,17,19-20H,6H2,1H3,(H,16,18)(H,21,22)/t10-,11+,12+,13+,15-/m0/s1. The predicted octanol–water partition coefficient (Wildman–Crippen LogP) is -1.29. The fourth-order valence-electron chi connectivity index (χ4n) is 2.44. The molecule has 2 rings (SSSR count). The highest BCUT2D eigenvalue weighted by molar-refractivity contribution is 5.90. The lowest BCUT2D eigenvalue weighted by Crippen LogP contribution is -2.65. The SMILES string of the molecule is CC(=O)N[C@H]1[C@@H](Oc2ccccc2C(=O)O)O[C@@H](CO)[C@@H](O)[C@@H]1O. The number of carboxylic acids is 1. The predicted molar refractivity (Wildman–Crippen MR) is 79.4 cm³/mol. The summed E-state index contributed by atoms with van der Waals surface area (Å²) in [5.74, 6) is -1.76. The number of rotatable bonds is 5. The molecule has 24 heavy (non-hydrogen) atoms. The Kier molecular flexibility index (Phi) is 5.73. The zero-order valence-corrected chi connectivity index (χ0v) is 12.8. The van der Waals surface area contributed by atoms with Gasteiger partial charge in [0.1, 0.15) is 35.7 Å². The van der Waals surface area contributed by atoms with Crippen molar-refractivity contribution in [3.8, 4) is 5.75 Å². The number of benzene rings is 1. The van der Waals surface area contributed by atoms with Gasteiger partial charge >= 0.3 is 5.97 Å². The van der Waals surface area contributed by atoms with E-state index in [0.717, 1.165) is 0 Å². The number of aliphatic hydroxyl groups is 3. The summed E-state index contributed by atoms with van der Waals surface area (Å²) in [4.78, 5) is 22.6. The van der Waals surface area contributed by atoms with Crippen LogP contribution in [0.4, 0.5) is 0 Å². The Hall–Kier alpha value is -2.20. The molecule has 9 nitrogen and oxygen atoms in total. The molecule has 0 saturated carbocycles. The fraction of sp³-hybridized carbons (Fsp3) is 0.467. The zero-order chi connectivity index (χ0) is 17.9. The summed E-state index contributed by atoms with van der Waals surface area (Å²) in [7, 11) is 0.